The topological polar surface area (TPSA) is 17.1 Å². The Balaban J connectivity index is 0.000000471. The maximum atomic E-state index is 10.4. The number of carbonyl (C=O) groups is 1. The molecule has 1 nitrogen and oxygen atoms in total. The zero-order valence-electron chi connectivity index (χ0n) is 13.7. The van der Waals surface area contributed by atoms with E-state index in [2.05, 4.69) is 26.0 Å². The van der Waals surface area contributed by atoms with E-state index >= 15 is 0 Å². The van der Waals surface area contributed by atoms with E-state index in [4.69, 9.17) is 11.6 Å². The van der Waals surface area contributed by atoms with Crippen LogP contribution in [0.4, 0.5) is 0 Å². The summed E-state index contributed by atoms with van der Waals surface area (Å²) in [7, 11) is 0. The minimum atomic E-state index is -0.187. The van der Waals surface area contributed by atoms with Crippen LogP contribution in [0.3, 0.4) is 0 Å². The highest BCUT2D eigenvalue weighted by Gasteiger charge is 1.95. The first-order valence-electron chi connectivity index (χ1n) is 8.36. The average Bonchev–Trinajstić information content (AvgIpc) is 2.47. The molecule has 0 aliphatic rings. The Morgan fingerprint density at radius 3 is 1.71 bits per heavy atom. The molecule has 2 heteroatoms. The van der Waals surface area contributed by atoms with Crippen molar-refractivity contribution in [2.24, 2.45) is 0 Å². The minimum absolute atomic E-state index is 0.187. The number of halogens is 1. The van der Waals surface area contributed by atoms with Crippen molar-refractivity contribution >= 4 is 16.8 Å². The van der Waals surface area contributed by atoms with Crippen molar-refractivity contribution in [3.8, 4) is 0 Å². The Labute approximate surface area is 136 Å². The van der Waals surface area contributed by atoms with Crippen LogP contribution in [-0.2, 0) is 4.79 Å². The van der Waals surface area contributed by atoms with Crippen molar-refractivity contribution in [1.29, 1.82) is 0 Å². The van der Waals surface area contributed by atoms with E-state index in [1.807, 2.05) is 18.2 Å². The van der Waals surface area contributed by atoms with Gasteiger partial charge >= 0.3 is 0 Å². The van der Waals surface area contributed by atoms with Crippen LogP contribution in [-0.4, -0.2) is 5.24 Å². The third-order valence-corrected chi connectivity index (χ3v) is 3.61. The normalized spacial score (nSPS) is 9.86. The average molecular weight is 311 g/mol. The first-order valence-corrected chi connectivity index (χ1v) is 8.74. The quantitative estimate of drug-likeness (QED) is 0.348. The number of hydrogen-bond acceptors (Lipinski definition) is 1. The third kappa shape index (κ3) is 17.1. The van der Waals surface area contributed by atoms with Gasteiger partial charge in [0.25, 0.3) is 0 Å². The number of benzene rings is 1. The molecule has 0 radical (unpaired) electrons. The third-order valence-electron chi connectivity index (χ3n) is 3.42. The lowest BCUT2D eigenvalue weighted by atomic mass is 10.1. The Kier molecular flexibility index (Phi) is 15.0. The van der Waals surface area contributed by atoms with Crippen LogP contribution in [0.25, 0.3) is 0 Å². The molecule has 0 aliphatic carbocycles. The molecule has 21 heavy (non-hydrogen) atoms. The predicted octanol–water partition coefficient (Wildman–Crippen LogP) is 6.67. The highest BCUT2D eigenvalue weighted by atomic mass is 35.5. The fourth-order valence-corrected chi connectivity index (χ4v) is 2.24. The molecule has 0 heterocycles. The molecule has 120 valence electrons. The van der Waals surface area contributed by atoms with Crippen LogP contribution in [0.1, 0.15) is 76.7 Å². The molecule has 0 fully saturated rings. The summed E-state index contributed by atoms with van der Waals surface area (Å²) in [6, 6.07) is 10.3. The summed E-state index contributed by atoms with van der Waals surface area (Å²) >= 11 is 5.24. The van der Waals surface area contributed by atoms with Crippen LogP contribution in [0.2, 0.25) is 0 Å². The summed E-state index contributed by atoms with van der Waals surface area (Å²) < 4.78 is 0. The minimum Gasteiger partial charge on any atom is -0.281 e. The van der Waals surface area contributed by atoms with Crippen molar-refractivity contribution in [1.82, 2.24) is 0 Å². The van der Waals surface area contributed by atoms with Gasteiger partial charge in [-0.1, -0.05) is 94.2 Å². The van der Waals surface area contributed by atoms with Crippen molar-refractivity contribution in [2.75, 3.05) is 0 Å². The zero-order valence-corrected chi connectivity index (χ0v) is 14.5. The number of aryl methyl sites for hydroxylation is 1. The van der Waals surface area contributed by atoms with Gasteiger partial charge in [0.15, 0.2) is 0 Å². The summed E-state index contributed by atoms with van der Waals surface area (Å²) in [6.07, 6.45) is 12.1. The lowest BCUT2D eigenvalue weighted by Crippen LogP contribution is -1.86. The largest absolute Gasteiger partial charge is 0.281 e. The lowest BCUT2D eigenvalue weighted by Gasteiger charge is -2.00. The van der Waals surface area contributed by atoms with Gasteiger partial charge in [0.1, 0.15) is 0 Å². The molecule has 1 aromatic rings. The molecule has 0 saturated carbocycles. The molecular formula is C19H31ClO. The number of rotatable bonds is 10. The molecule has 0 amide bonds. The Hall–Kier alpha value is -0.820. The smallest absolute Gasteiger partial charge is 0.221 e. The summed E-state index contributed by atoms with van der Waals surface area (Å²) in [6.45, 7) is 4.32. The zero-order chi connectivity index (χ0) is 15.8. The summed E-state index contributed by atoms with van der Waals surface area (Å²) in [5, 5.41) is -0.187. The van der Waals surface area contributed by atoms with Gasteiger partial charge in [0.05, 0.1) is 0 Å². The Morgan fingerprint density at radius 1 is 0.857 bits per heavy atom. The monoisotopic (exact) mass is 310 g/mol. The number of unbranched alkanes of at least 4 members (excludes halogenated alkanes) is 8. The summed E-state index contributed by atoms with van der Waals surface area (Å²) in [4.78, 5) is 10.4. The lowest BCUT2D eigenvalue weighted by molar-refractivity contribution is -0.111. The molecule has 0 unspecified atom stereocenters. The van der Waals surface area contributed by atoms with E-state index in [1.165, 1.54) is 50.5 Å². The maximum Gasteiger partial charge on any atom is 0.221 e. The molecule has 0 aromatic heterocycles. The van der Waals surface area contributed by atoms with Crippen LogP contribution in [0, 0.1) is 6.92 Å². The second-order valence-electron chi connectivity index (χ2n) is 5.59. The molecule has 0 N–H and O–H groups in total. The molecule has 0 spiro atoms. The summed E-state index contributed by atoms with van der Waals surface area (Å²) in [5.74, 6) is 0. The standard InChI is InChI=1S/C12H23ClO.C7H8/c1-2-3-4-5-6-7-8-9-10-11-12(13)14;1-7-5-3-2-4-6-7/h2-11H2,1H3;2-6H,1H3. The first-order chi connectivity index (χ1) is 10.2. The molecule has 1 rings (SSSR count). The number of hydrogen-bond donors (Lipinski definition) is 0. The highest BCUT2D eigenvalue weighted by molar-refractivity contribution is 6.63. The van der Waals surface area contributed by atoms with Crippen LogP contribution in [0.15, 0.2) is 30.3 Å². The van der Waals surface area contributed by atoms with Gasteiger partial charge in [-0.25, -0.2) is 0 Å². The van der Waals surface area contributed by atoms with Gasteiger partial charge in [-0.3, -0.25) is 4.79 Å². The van der Waals surface area contributed by atoms with E-state index < -0.39 is 0 Å². The fraction of sp³-hybridized carbons (Fsp3) is 0.632. The molecule has 0 saturated heterocycles. The van der Waals surface area contributed by atoms with Crippen molar-refractivity contribution in [3.05, 3.63) is 35.9 Å². The van der Waals surface area contributed by atoms with Gasteiger partial charge in [-0.05, 0) is 24.9 Å². The first kappa shape index (κ1) is 20.2. The molecule has 0 aliphatic heterocycles. The molecule has 1 aromatic carbocycles. The highest BCUT2D eigenvalue weighted by Crippen LogP contribution is 2.10. The van der Waals surface area contributed by atoms with Gasteiger partial charge in [0.2, 0.25) is 5.24 Å². The SMILES string of the molecule is CCCCCCCCCCCC(=O)Cl.Cc1ccccc1. The number of carbonyl (C=O) groups excluding carboxylic acids is 1. The summed E-state index contributed by atoms with van der Waals surface area (Å²) in [5.41, 5.74) is 1.32. The van der Waals surface area contributed by atoms with Crippen molar-refractivity contribution in [2.45, 2.75) is 78.1 Å². The Morgan fingerprint density at radius 2 is 1.33 bits per heavy atom. The van der Waals surface area contributed by atoms with Crippen LogP contribution in [0.5, 0.6) is 0 Å². The van der Waals surface area contributed by atoms with Gasteiger partial charge in [-0.2, -0.15) is 0 Å². The van der Waals surface area contributed by atoms with E-state index in [-0.39, 0.29) is 5.24 Å². The van der Waals surface area contributed by atoms with E-state index in [9.17, 15) is 4.79 Å². The van der Waals surface area contributed by atoms with Crippen LogP contribution >= 0.6 is 11.6 Å². The molecular weight excluding hydrogens is 280 g/mol. The van der Waals surface area contributed by atoms with Crippen LogP contribution < -0.4 is 0 Å². The maximum absolute atomic E-state index is 10.4. The van der Waals surface area contributed by atoms with E-state index in [0.717, 1.165) is 12.8 Å². The van der Waals surface area contributed by atoms with Crippen molar-refractivity contribution in [3.63, 3.8) is 0 Å². The predicted molar refractivity (Wildman–Crippen MR) is 93.9 cm³/mol. The second kappa shape index (κ2) is 15.6. The molecule has 0 bridgehead atoms. The van der Waals surface area contributed by atoms with E-state index in [1.54, 1.807) is 0 Å². The Bertz CT molecular complexity index is 335. The van der Waals surface area contributed by atoms with E-state index in [0.29, 0.717) is 6.42 Å². The van der Waals surface area contributed by atoms with Gasteiger partial charge in [0, 0.05) is 6.42 Å². The fourth-order valence-electron chi connectivity index (χ4n) is 2.11. The van der Waals surface area contributed by atoms with Crippen molar-refractivity contribution < 1.29 is 4.79 Å². The molecule has 0 atom stereocenters. The van der Waals surface area contributed by atoms with Gasteiger partial charge in [-0.15, -0.1) is 0 Å². The second-order valence-corrected chi connectivity index (χ2v) is 6.01. The van der Waals surface area contributed by atoms with Gasteiger partial charge < -0.3 is 0 Å².